The lowest BCUT2D eigenvalue weighted by Crippen LogP contribution is -2.30. The zero-order valence-corrected chi connectivity index (χ0v) is 14.9. The van der Waals surface area contributed by atoms with Crippen LogP contribution < -0.4 is 4.72 Å². The van der Waals surface area contributed by atoms with Crippen molar-refractivity contribution in [1.82, 2.24) is 0 Å². The first-order valence-corrected chi connectivity index (χ1v) is 9.86. The number of anilines is 1. The number of ether oxygens (including phenoxy) is 1. The first-order chi connectivity index (χ1) is 12.5. The molecular weight excluding hydrogens is 354 g/mol. The predicted octanol–water partition coefficient (Wildman–Crippen LogP) is 3.16. The molecule has 1 N–H and O–H groups in total. The molecule has 0 aromatic heterocycles. The lowest BCUT2D eigenvalue weighted by Gasteiger charge is -2.20. The van der Waals surface area contributed by atoms with Crippen molar-refractivity contribution >= 4 is 27.5 Å². The van der Waals surface area contributed by atoms with Crippen molar-refractivity contribution in [2.45, 2.75) is 36.7 Å². The molecule has 6 nitrogen and oxygen atoms in total. The monoisotopic (exact) mass is 373 g/mol. The van der Waals surface area contributed by atoms with Crippen LogP contribution in [0.4, 0.5) is 5.69 Å². The smallest absolute Gasteiger partial charge is 0.338 e. The van der Waals surface area contributed by atoms with Crippen molar-refractivity contribution in [1.29, 1.82) is 0 Å². The molecular formula is C19H19NO5S. The van der Waals surface area contributed by atoms with Gasteiger partial charge in [0.15, 0.2) is 11.9 Å². The van der Waals surface area contributed by atoms with Crippen molar-refractivity contribution in [3.8, 4) is 0 Å². The number of hydrogen-bond donors (Lipinski definition) is 1. The summed E-state index contributed by atoms with van der Waals surface area (Å²) in [6, 6.07) is 14.0. The van der Waals surface area contributed by atoms with Gasteiger partial charge in [-0.1, -0.05) is 18.2 Å². The van der Waals surface area contributed by atoms with Crippen LogP contribution in [0, 0.1) is 0 Å². The zero-order valence-electron chi connectivity index (χ0n) is 14.1. The van der Waals surface area contributed by atoms with Gasteiger partial charge in [-0.05, 0) is 55.7 Å². The van der Waals surface area contributed by atoms with Gasteiger partial charge in [-0.15, -0.1) is 0 Å². The normalized spacial score (nSPS) is 17.5. The number of carbonyl (C=O) groups excluding carboxylic acids is 2. The summed E-state index contributed by atoms with van der Waals surface area (Å²) in [7, 11) is -3.75. The molecule has 7 heteroatoms. The van der Waals surface area contributed by atoms with Gasteiger partial charge in [0.2, 0.25) is 0 Å². The highest BCUT2D eigenvalue weighted by molar-refractivity contribution is 7.92. The average Bonchev–Trinajstić information content (AvgIpc) is 2.64. The molecule has 0 radical (unpaired) electrons. The number of esters is 1. The number of hydrogen-bond acceptors (Lipinski definition) is 5. The van der Waals surface area contributed by atoms with E-state index in [0.29, 0.717) is 18.5 Å². The van der Waals surface area contributed by atoms with E-state index >= 15 is 0 Å². The van der Waals surface area contributed by atoms with E-state index in [9.17, 15) is 18.0 Å². The molecule has 3 rings (SSSR count). The number of para-hydroxylation sites is 1. The van der Waals surface area contributed by atoms with E-state index in [1.54, 1.807) is 30.3 Å². The van der Waals surface area contributed by atoms with Gasteiger partial charge in [-0.2, -0.15) is 0 Å². The Morgan fingerprint density at radius 2 is 1.69 bits per heavy atom. The summed E-state index contributed by atoms with van der Waals surface area (Å²) in [5.74, 6) is -0.680. The second-order valence-electron chi connectivity index (χ2n) is 6.10. The van der Waals surface area contributed by atoms with Crippen LogP contribution in [-0.2, 0) is 19.6 Å². The minimum absolute atomic E-state index is 0.0339. The van der Waals surface area contributed by atoms with E-state index in [1.807, 2.05) is 0 Å². The number of ketones is 1. The Morgan fingerprint density at radius 3 is 2.35 bits per heavy atom. The van der Waals surface area contributed by atoms with E-state index in [4.69, 9.17) is 4.74 Å². The quantitative estimate of drug-likeness (QED) is 0.813. The van der Waals surface area contributed by atoms with Gasteiger partial charge >= 0.3 is 5.97 Å². The Morgan fingerprint density at radius 1 is 1.00 bits per heavy atom. The number of Topliss-reactive ketones (excluding diaryl/α,β-unsaturated/α-hetero) is 1. The summed E-state index contributed by atoms with van der Waals surface area (Å²) in [5, 5.41) is 0. The molecule has 0 aliphatic heterocycles. The highest BCUT2D eigenvalue weighted by Gasteiger charge is 2.26. The Bertz CT molecular complexity index is 891. The van der Waals surface area contributed by atoms with E-state index in [2.05, 4.69) is 4.72 Å². The first kappa shape index (κ1) is 18.1. The van der Waals surface area contributed by atoms with Gasteiger partial charge in [0.1, 0.15) is 0 Å². The molecule has 0 amide bonds. The molecule has 0 heterocycles. The molecule has 0 bridgehead atoms. The fraction of sp³-hybridized carbons (Fsp3) is 0.263. The van der Waals surface area contributed by atoms with Crippen molar-refractivity contribution in [3.63, 3.8) is 0 Å². The molecule has 0 saturated heterocycles. The molecule has 2 aromatic carbocycles. The number of nitrogens with one attached hydrogen (secondary N) is 1. The molecule has 26 heavy (non-hydrogen) atoms. The summed E-state index contributed by atoms with van der Waals surface area (Å²) in [6.45, 7) is 0. The third-order valence-electron chi connectivity index (χ3n) is 4.17. The lowest BCUT2D eigenvalue weighted by atomic mass is 9.96. The van der Waals surface area contributed by atoms with Crippen LogP contribution in [0.5, 0.6) is 0 Å². The highest BCUT2D eigenvalue weighted by Crippen LogP contribution is 2.20. The number of benzene rings is 2. The Labute approximate surface area is 152 Å². The van der Waals surface area contributed by atoms with Crippen molar-refractivity contribution in [2.75, 3.05) is 4.72 Å². The first-order valence-electron chi connectivity index (χ1n) is 8.37. The molecule has 0 spiro atoms. The van der Waals surface area contributed by atoms with Gasteiger partial charge in [-0.25, -0.2) is 13.2 Å². The van der Waals surface area contributed by atoms with Gasteiger partial charge < -0.3 is 4.74 Å². The standard InChI is InChI=1S/C19H19NO5S/c21-17-8-4-5-9-18(17)25-19(22)14-10-12-16(13-11-14)26(23,24)20-15-6-2-1-3-7-15/h1-3,6-7,10-13,18,20H,4-5,8-9H2/t18-/m1/s1. The van der Waals surface area contributed by atoms with Crippen LogP contribution in [0.25, 0.3) is 0 Å². The Kier molecular flexibility index (Phi) is 5.37. The van der Waals surface area contributed by atoms with Crippen LogP contribution in [-0.4, -0.2) is 26.3 Å². The van der Waals surface area contributed by atoms with Gasteiger partial charge in [0.25, 0.3) is 10.0 Å². The second kappa shape index (κ2) is 7.70. The number of carbonyl (C=O) groups is 2. The molecule has 1 saturated carbocycles. The zero-order chi connectivity index (χ0) is 18.6. The van der Waals surface area contributed by atoms with Crippen molar-refractivity contribution in [2.24, 2.45) is 0 Å². The van der Waals surface area contributed by atoms with Crippen molar-refractivity contribution < 1.29 is 22.7 Å². The van der Waals surface area contributed by atoms with Gasteiger partial charge in [-0.3, -0.25) is 9.52 Å². The maximum atomic E-state index is 12.4. The summed E-state index contributed by atoms with van der Waals surface area (Å²) in [5.41, 5.74) is 0.661. The number of sulfonamides is 1. The molecule has 1 atom stereocenters. The molecule has 1 aliphatic carbocycles. The minimum Gasteiger partial charge on any atom is -0.451 e. The summed E-state index contributed by atoms with van der Waals surface area (Å²) in [4.78, 5) is 24.0. The summed E-state index contributed by atoms with van der Waals surface area (Å²) in [6.07, 6.45) is 1.96. The van der Waals surface area contributed by atoms with Crippen LogP contribution in [0.2, 0.25) is 0 Å². The summed E-state index contributed by atoms with van der Waals surface area (Å²) >= 11 is 0. The Balaban J connectivity index is 1.69. The van der Waals surface area contributed by atoms with Gasteiger partial charge in [0, 0.05) is 12.1 Å². The van der Waals surface area contributed by atoms with Gasteiger partial charge in [0.05, 0.1) is 10.5 Å². The predicted molar refractivity (Wildman–Crippen MR) is 96.4 cm³/mol. The third-order valence-corrected chi connectivity index (χ3v) is 5.57. The van der Waals surface area contributed by atoms with E-state index in [-0.39, 0.29) is 16.2 Å². The lowest BCUT2D eigenvalue weighted by molar-refractivity contribution is -0.129. The molecule has 2 aromatic rings. The SMILES string of the molecule is O=C(O[C@@H]1CCCCC1=O)c1ccc(S(=O)(=O)Nc2ccccc2)cc1. The second-order valence-corrected chi connectivity index (χ2v) is 7.78. The van der Waals surface area contributed by atoms with E-state index in [1.165, 1.54) is 24.3 Å². The fourth-order valence-corrected chi connectivity index (χ4v) is 3.82. The maximum absolute atomic E-state index is 12.4. The number of rotatable bonds is 5. The molecule has 1 aliphatic rings. The third kappa shape index (κ3) is 4.29. The molecule has 136 valence electrons. The summed E-state index contributed by atoms with van der Waals surface area (Å²) < 4.78 is 32.5. The topological polar surface area (TPSA) is 89.5 Å². The minimum atomic E-state index is -3.75. The largest absolute Gasteiger partial charge is 0.451 e. The van der Waals surface area contributed by atoms with E-state index < -0.39 is 22.1 Å². The average molecular weight is 373 g/mol. The Hall–Kier alpha value is -2.67. The molecule has 0 unspecified atom stereocenters. The fourth-order valence-electron chi connectivity index (χ4n) is 2.76. The van der Waals surface area contributed by atoms with Crippen LogP contribution in [0.1, 0.15) is 36.0 Å². The highest BCUT2D eigenvalue weighted by atomic mass is 32.2. The van der Waals surface area contributed by atoms with E-state index in [0.717, 1.165) is 12.8 Å². The molecule has 1 fully saturated rings. The maximum Gasteiger partial charge on any atom is 0.338 e. The van der Waals surface area contributed by atoms with Crippen LogP contribution in [0.15, 0.2) is 59.5 Å². The van der Waals surface area contributed by atoms with Crippen molar-refractivity contribution in [3.05, 3.63) is 60.2 Å². The van der Waals surface area contributed by atoms with Crippen LogP contribution >= 0.6 is 0 Å². The van der Waals surface area contributed by atoms with Crippen LogP contribution in [0.3, 0.4) is 0 Å².